The van der Waals surface area contributed by atoms with Crippen molar-refractivity contribution in [3.05, 3.63) is 126 Å². The molecule has 730 valence electrons. The molecule has 2 saturated heterocycles. The molecular formula is C96H123N17O18S5. The van der Waals surface area contributed by atoms with Crippen LogP contribution < -0.4 is 61.5 Å². The van der Waals surface area contributed by atoms with E-state index in [-0.39, 0.29) is 91.9 Å². The van der Waals surface area contributed by atoms with Gasteiger partial charge in [0.05, 0.1) is 55.3 Å². The lowest BCUT2D eigenvalue weighted by Gasteiger charge is -2.40. The van der Waals surface area contributed by atoms with Crippen molar-refractivity contribution in [3.8, 4) is 45.8 Å². The third-order valence-corrected chi connectivity index (χ3v) is 33.4. The zero-order valence-electron chi connectivity index (χ0n) is 77.8. The normalized spacial score (nSPS) is 24.8. The third-order valence-electron chi connectivity index (χ3n) is 26.9. The van der Waals surface area contributed by atoms with E-state index >= 15 is 9.59 Å². The van der Waals surface area contributed by atoms with Crippen molar-refractivity contribution in [2.45, 2.75) is 262 Å². The summed E-state index contributed by atoms with van der Waals surface area (Å²) in [5, 5.41) is 53.5. The predicted octanol–water partition coefficient (Wildman–Crippen LogP) is 13.1. The highest BCUT2D eigenvalue weighted by molar-refractivity contribution is 7.91. The number of carboxylic acids is 2. The van der Waals surface area contributed by atoms with Gasteiger partial charge < -0.3 is 81.5 Å². The molecule has 2 unspecified atom stereocenters. The van der Waals surface area contributed by atoms with Gasteiger partial charge in [-0.2, -0.15) is 8.61 Å². The lowest BCUT2D eigenvalue weighted by atomic mass is 9.81. The molecule has 4 saturated carbocycles. The monoisotopic (exact) mass is 1960 g/mol. The number of aromatic nitrogens is 5. The highest BCUT2D eigenvalue weighted by Crippen LogP contribution is 2.48. The molecule has 11 atom stereocenters. The molecule has 35 nitrogen and oxygen atoms in total. The summed E-state index contributed by atoms with van der Waals surface area (Å²) in [6.45, 7) is 8.06. The number of ether oxygens (including phenoxy) is 4. The molecule has 0 spiro atoms. The van der Waals surface area contributed by atoms with Crippen molar-refractivity contribution in [1.82, 2.24) is 75.2 Å². The maximum absolute atomic E-state index is 15.1. The maximum Gasteiger partial charge on any atom is 0.330 e. The summed E-state index contributed by atoms with van der Waals surface area (Å²) in [5.41, 5.74) is -0.469. The van der Waals surface area contributed by atoms with E-state index in [4.69, 9.17) is 38.9 Å². The standard InChI is InChI=1S/C48H61N9O9S2.C48H62N8O9S3/c1-30(2)50-46-53-38(28-67-46)37-25-40(34-19-18-32(65-4)23-36(34)51-37)66-33-24-39-42(58)54-48(44(60)61)26-31(48)15-9-6-5-7-10-16-35(43(59)57(39)27-33)52-45(62)55-47(20-12-8-13-21-47)29-56(3)68(63,64)41-17-11-14-22-49-41;1-29(2)49-47-53-39(28-67-47)37-24-41(34-20-19-32(64-4)22-36(34)50-37)65-33-23-40-43(57)54-48(45(59)60)25-31(48)16-11-6-5-7-12-17-35(44(58)56(40)26-33)51-46(61)52-38(30-14-9-8-10-15-30)27-55(3)68(62,63)42-18-13-21-66-42/h9,11,14-15,17-19,22-23,25,28,30-31,33,35,39H,5-8,10,12-13,16,20-21,24,26-27,29H2,1-4H3,(H,50,53)(H,54,58)(H,60,61)(H2,52,55,62);11,13,16,18-22,24,28-31,33,35,38,40H,5-10,12,14-15,17,23,25-27H2,1-4H3,(H,49,53)(H,54,57)(H,59,60)(H2,51,52,61)/b15-9-;16-11-/t31?,33-,35+,39+,48-;31?,33-,35+,38-,40+,48-/m11/s1. The molecule has 6 fully saturated rings. The van der Waals surface area contributed by atoms with Gasteiger partial charge >= 0.3 is 24.0 Å². The number of pyridine rings is 3. The molecule has 4 aliphatic heterocycles. The number of allylic oxidation sites excluding steroid dienone is 2. The largest absolute Gasteiger partial charge is 0.497 e. The van der Waals surface area contributed by atoms with Gasteiger partial charge in [0.2, 0.25) is 23.6 Å². The Labute approximate surface area is 804 Å². The van der Waals surface area contributed by atoms with Crippen molar-refractivity contribution in [2.75, 3.05) is 65.1 Å². The van der Waals surface area contributed by atoms with Crippen LogP contribution in [-0.2, 0) is 48.8 Å². The topological polar surface area (TPSA) is 456 Å². The Kier molecular flexibility index (Phi) is 31.6. The third kappa shape index (κ3) is 23.3. The number of benzene rings is 2. The molecule has 10 heterocycles. The Morgan fingerprint density at radius 3 is 1.53 bits per heavy atom. The number of anilines is 2. The van der Waals surface area contributed by atoms with Crippen LogP contribution >= 0.6 is 34.0 Å². The number of sulfonamides is 2. The fourth-order valence-electron chi connectivity index (χ4n) is 19.4. The van der Waals surface area contributed by atoms with Gasteiger partial charge in [-0.15, -0.1) is 34.0 Å². The minimum Gasteiger partial charge on any atom is -0.497 e. The smallest absolute Gasteiger partial charge is 0.330 e. The minimum absolute atomic E-state index is 0.0121. The Balaban J connectivity index is 0.000000207. The average Bonchev–Trinajstić information content (AvgIpc) is 1.58. The summed E-state index contributed by atoms with van der Waals surface area (Å²) in [6, 6.07) is 16.5. The molecule has 8 aromatic rings. The number of urea groups is 2. The zero-order chi connectivity index (χ0) is 96.4. The molecular weight excluding hydrogens is 1840 g/mol. The molecule has 8 aliphatic rings. The van der Waals surface area contributed by atoms with Crippen molar-refractivity contribution in [1.29, 1.82) is 0 Å². The van der Waals surface area contributed by atoms with E-state index in [2.05, 4.69) is 47.5 Å². The number of nitrogens with one attached hydrogen (secondary N) is 8. The number of fused-ring (bicyclic) bond motifs is 6. The second-order valence-electron chi connectivity index (χ2n) is 37.5. The lowest BCUT2D eigenvalue weighted by Crippen LogP contribution is -2.62. The highest BCUT2D eigenvalue weighted by atomic mass is 32.2. The summed E-state index contributed by atoms with van der Waals surface area (Å²) < 4.78 is 81.6. The second kappa shape index (κ2) is 43.3. The Morgan fingerprint density at radius 2 is 1.06 bits per heavy atom. The van der Waals surface area contributed by atoms with Gasteiger partial charge in [0.25, 0.3) is 20.0 Å². The van der Waals surface area contributed by atoms with Crippen LogP contribution in [0.4, 0.5) is 19.9 Å². The van der Waals surface area contributed by atoms with Gasteiger partial charge in [0, 0.05) is 122 Å². The first-order chi connectivity index (χ1) is 65.2. The molecule has 0 radical (unpaired) electrons. The first-order valence-electron chi connectivity index (χ1n) is 47.1. The van der Waals surface area contributed by atoms with E-state index in [1.54, 1.807) is 80.3 Å². The summed E-state index contributed by atoms with van der Waals surface area (Å²) >= 11 is 4.03. The number of hydrogen-bond donors (Lipinski definition) is 10. The van der Waals surface area contributed by atoms with Crippen LogP contribution in [0, 0.1) is 17.8 Å². The predicted molar refractivity (Wildman–Crippen MR) is 518 cm³/mol. The van der Waals surface area contributed by atoms with Crippen LogP contribution in [0.15, 0.2) is 135 Å². The summed E-state index contributed by atoms with van der Waals surface area (Å²) in [4.78, 5) is 139. The first kappa shape index (κ1) is 99.3. The summed E-state index contributed by atoms with van der Waals surface area (Å²) in [5.74, 6) is -3.29. The van der Waals surface area contributed by atoms with Crippen LogP contribution in [0.25, 0.3) is 44.6 Å². The molecule has 0 bridgehead atoms. The van der Waals surface area contributed by atoms with Gasteiger partial charge in [0.1, 0.15) is 86.0 Å². The number of carboxylic acid groups (broad SMARTS) is 2. The summed E-state index contributed by atoms with van der Waals surface area (Å²) in [7, 11) is -1.66. The molecule has 136 heavy (non-hydrogen) atoms. The van der Waals surface area contributed by atoms with Gasteiger partial charge in [-0.1, -0.05) is 101 Å². The number of rotatable bonds is 27. The zero-order valence-corrected chi connectivity index (χ0v) is 81.9. The summed E-state index contributed by atoms with van der Waals surface area (Å²) in [6.07, 6.45) is 22.3. The highest BCUT2D eigenvalue weighted by Gasteiger charge is 2.63. The van der Waals surface area contributed by atoms with Crippen LogP contribution in [0.1, 0.15) is 182 Å². The van der Waals surface area contributed by atoms with Crippen LogP contribution in [-0.4, -0.2) is 244 Å². The first-order valence-corrected chi connectivity index (χ1v) is 52.6. The van der Waals surface area contributed by atoms with Gasteiger partial charge in [-0.3, -0.25) is 19.2 Å². The van der Waals surface area contributed by atoms with Crippen LogP contribution in [0.3, 0.4) is 0 Å². The number of thiophene rings is 1. The number of amides is 8. The fourth-order valence-corrected chi connectivity index (χ4v) is 24.7. The van der Waals surface area contributed by atoms with Crippen LogP contribution in [0.2, 0.25) is 0 Å². The molecule has 4 aliphatic carbocycles. The number of likely N-dealkylation sites (N-methyl/N-ethyl adjacent to an activating group) is 2. The van der Waals surface area contributed by atoms with Crippen molar-refractivity contribution in [2.24, 2.45) is 17.8 Å². The van der Waals surface area contributed by atoms with E-state index in [0.717, 1.165) is 98.6 Å². The lowest BCUT2D eigenvalue weighted by molar-refractivity contribution is -0.146. The van der Waals surface area contributed by atoms with E-state index in [0.29, 0.717) is 106 Å². The van der Waals surface area contributed by atoms with Gasteiger partial charge in [0.15, 0.2) is 15.3 Å². The second-order valence-corrected chi connectivity index (χ2v) is 44.4. The number of nitrogens with zero attached hydrogens (tertiary/aromatic N) is 9. The molecule has 40 heteroatoms. The molecule has 16 rings (SSSR count). The minimum atomic E-state index is -3.98. The molecule has 8 amide bonds. The quantitative estimate of drug-likeness (QED) is 0.0214. The molecule has 2 aromatic carbocycles. The van der Waals surface area contributed by atoms with Gasteiger partial charge in [-0.25, -0.2) is 60.9 Å². The SMILES string of the molecule is COc1ccc2c(O[C@@H]3C[C@H]4C(=O)N[C@]5(C(=O)O)CC5/C=C\CCCCC[C@H](NC(=O)NC5(CN(C)S(=O)(=O)c6ccccn6)CCCCC5)C(=O)N4C3)cc(-c3csc(NC(C)C)n3)nc2c1.COc1ccc2c(O[C@@H]3C[C@H]4C(=O)N[C@]5(C(=O)O)CC5/C=C\CCCCC[C@H](NC(=O)N[C@H](CN(C)S(=O)(=O)c5cccs5)C5CCCCC5)C(=O)N4C3)cc(-c3csc(NC(C)C)n3)nc2c1. The number of carbonyl (C=O) groups excluding carboxylic acids is 6. The van der Waals surface area contributed by atoms with Crippen molar-refractivity contribution < 1.29 is 84.4 Å². The van der Waals surface area contributed by atoms with Crippen molar-refractivity contribution >= 4 is 134 Å². The fraction of sp³-hybridized carbons (Fsp3) is 0.531. The molecule has 6 aromatic heterocycles. The number of hydrogen-bond acceptors (Lipinski definition) is 26. The Bertz CT molecular complexity index is 5950. The Morgan fingerprint density at radius 1 is 0.566 bits per heavy atom. The number of methoxy groups -OCH3 is 2. The van der Waals surface area contributed by atoms with E-state index in [1.165, 1.54) is 67.4 Å². The van der Waals surface area contributed by atoms with Crippen molar-refractivity contribution in [3.63, 3.8) is 0 Å². The Hall–Kier alpha value is -11.2. The van der Waals surface area contributed by atoms with Gasteiger partial charge in [-0.05, 0) is 159 Å². The maximum atomic E-state index is 15.1. The number of carbonyl (C=O) groups is 8. The average molecular weight is 1960 g/mol. The van der Waals surface area contributed by atoms with Crippen LogP contribution in [0.5, 0.6) is 23.0 Å². The van der Waals surface area contributed by atoms with E-state index in [9.17, 15) is 55.8 Å². The molecule has 10 N–H and O–H groups in total. The van der Waals surface area contributed by atoms with E-state index < -0.39 is 139 Å². The number of thiazole rings is 2. The number of aliphatic carboxylic acids is 2. The van der Waals surface area contributed by atoms with E-state index in [1.807, 2.05) is 74.9 Å².